The summed E-state index contributed by atoms with van der Waals surface area (Å²) in [4.78, 5) is 36.6. The summed E-state index contributed by atoms with van der Waals surface area (Å²) >= 11 is 1.27. The third kappa shape index (κ3) is 8.23. The number of rotatable bonds is 12. The zero-order valence-corrected chi connectivity index (χ0v) is 20.1. The van der Waals surface area contributed by atoms with Gasteiger partial charge in [0.15, 0.2) is 0 Å². The van der Waals surface area contributed by atoms with Crippen molar-refractivity contribution in [2.24, 2.45) is 7.05 Å². The fourth-order valence-corrected chi connectivity index (χ4v) is 4.11. The van der Waals surface area contributed by atoms with Gasteiger partial charge in [-0.3, -0.25) is 14.2 Å². The molecule has 0 aliphatic carbocycles. The van der Waals surface area contributed by atoms with Gasteiger partial charge in [-0.2, -0.15) is 13.2 Å². The predicted octanol–water partition coefficient (Wildman–Crippen LogP) is 3.67. The summed E-state index contributed by atoms with van der Waals surface area (Å²) in [5, 5.41) is 16.1. The third-order valence-electron chi connectivity index (χ3n) is 5.04. The van der Waals surface area contributed by atoms with Gasteiger partial charge in [-0.05, 0) is 57.2 Å². The molecule has 0 saturated carbocycles. The van der Waals surface area contributed by atoms with Crippen LogP contribution in [0.15, 0.2) is 38.8 Å². The van der Waals surface area contributed by atoms with E-state index in [4.69, 9.17) is 0 Å². The van der Waals surface area contributed by atoms with Crippen molar-refractivity contribution in [2.75, 3.05) is 11.9 Å². The molecule has 2 aromatic rings. The number of aryl methyl sites for hydroxylation is 2. The minimum absolute atomic E-state index is 0.0802. The first-order valence-corrected chi connectivity index (χ1v) is 11.6. The zero-order chi connectivity index (χ0) is 25.5. The number of benzene rings is 1. The van der Waals surface area contributed by atoms with Gasteiger partial charge in [0.1, 0.15) is 4.75 Å². The maximum atomic E-state index is 12.4. The van der Waals surface area contributed by atoms with Crippen LogP contribution in [0.1, 0.15) is 45.1 Å². The molecule has 0 fully saturated rings. The summed E-state index contributed by atoms with van der Waals surface area (Å²) in [5.74, 6) is -0.969. The monoisotopic (exact) mass is 502 g/mol. The van der Waals surface area contributed by atoms with E-state index in [1.54, 1.807) is 13.8 Å². The van der Waals surface area contributed by atoms with Crippen LogP contribution in [0.2, 0.25) is 0 Å². The molecule has 1 aromatic heterocycles. The first kappa shape index (κ1) is 27.5. The van der Waals surface area contributed by atoms with Gasteiger partial charge in [0, 0.05) is 31.5 Å². The van der Waals surface area contributed by atoms with Crippen molar-refractivity contribution in [3.8, 4) is 0 Å². The Bertz CT molecular complexity index is 1110. The molecule has 188 valence electrons. The number of thioether (sulfide) groups is 1. The van der Waals surface area contributed by atoms with Crippen LogP contribution in [0.5, 0.6) is 0 Å². The summed E-state index contributed by atoms with van der Waals surface area (Å²) in [6.45, 7) is 3.45. The average molecular weight is 503 g/mol. The minimum atomic E-state index is -4.32. The Balaban J connectivity index is 1.90. The van der Waals surface area contributed by atoms with Crippen molar-refractivity contribution in [1.82, 2.24) is 14.3 Å². The molecule has 0 aliphatic rings. The Kier molecular flexibility index (Phi) is 9.37. The van der Waals surface area contributed by atoms with E-state index in [0.717, 1.165) is 32.5 Å². The van der Waals surface area contributed by atoms with Crippen LogP contribution in [-0.2, 0) is 24.8 Å². The highest BCUT2D eigenvalue weighted by molar-refractivity contribution is 8.01. The van der Waals surface area contributed by atoms with Crippen molar-refractivity contribution in [3.05, 3.63) is 50.7 Å². The van der Waals surface area contributed by atoms with Crippen LogP contribution in [0.3, 0.4) is 0 Å². The Labute approximate surface area is 199 Å². The van der Waals surface area contributed by atoms with E-state index in [2.05, 4.69) is 10.4 Å². The molecule has 12 heteroatoms. The van der Waals surface area contributed by atoms with Crippen molar-refractivity contribution in [2.45, 2.75) is 68.3 Å². The van der Waals surface area contributed by atoms with Crippen LogP contribution in [-0.4, -0.2) is 42.9 Å². The second-order valence-corrected chi connectivity index (χ2v) is 10.1. The highest BCUT2D eigenvalue weighted by Gasteiger charge is 2.28. The number of alkyl halides is 3. The van der Waals surface area contributed by atoms with E-state index in [1.807, 2.05) is 24.3 Å². The average Bonchev–Trinajstić information content (AvgIpc) is 2.73. The number of hydrogen-bond donors (Lipinski definition) is 2. The second kappa shape index (κ2) is 11.6. The van der Waals surface area contributed by atoms with E-state index < -0.39 is 34.6 Å². The van der Waals surface area contributed by atoms with Crippen molar-refractivity contribution >= 4 is 23.5 Å². The number of carboxylic acids is 1. The highest BCUT2D eigenvalue weighted by atomic mass is 32.2. The number of unbranched alkanes of at least 4 members (excludes halogenated alkanes) is 1. The van der Waals surface area contributed by atoms with Crippen LogP contribution in [0, 0.1) is 0 Å². The Morgan fingerprint density at radius 1 is 1.18 bits per heavy atom. The number of carbonyl (C=O) groups is 1. The zero-order valence-electron chi connectivity index (χ0n) is 19.3. The van der Waals surface area contributed by atoms with Gasteiger partial charge in [0.2, 0.25) is 5.82 Å². The molecule has 0 atom stereocenters. The highest BCUT2D eigenvalue weighted by Crippen LogP contribution is 2.33. The summed E-state index contributed by atoms with van der Waals surface area (Å²) in [7, 11) is 1.26. The van der Waals surface area contributed by atoms with Gasteiger partial charge in [0.25, 0.3) is 5.56 Å². The Morgan fingerprint density at radius 3 is 2.53 bits per heavy atom. The van der Waals surface area contributed by atoms with E-state index in [0.29, 0.717) is 13.0 Å². The lowest BCUT2D eigenvalue weighted by molar-refractivity contribution is -0.139. The summed E-state index contributed by atoms with van der Waals surface area (Å²) in [5.41, 5.74) is -0.345. The fraction of sp³-hybridized carbons (Fsp3) is 0.545. The van der Waals surface area contributed by atoms with Crippen LogP contribution in [0.25, 0.3) is 0 Å². The minimum Gasteiger partial charge on any atom is -0.480 e. The first-order valence-electron chi connectivity index (χ1n) is 10.8. The molecule has 0 radical (unpaired) electrons. The smallest absolute Gasteiger partial charge is 0.389 e. The summed E-state index contributed by atoms with van der Waals surface area (Å²) in [6.07, 6.45) is -3.48. The van der Waals surface area contributed by atoms with Crippen molar-refractivity contribution in [3.63, 3.8) is 0 Å². The topological polar surface area (TPSA) is 106 Å². The lowest BCUT2D eigenvalue weighted by Crippen LogP contribution is -2.41. The van der Waals surface area contributed by atoms with Crippen molar-refractivity contribution in [1.29, 1.82) is 0 Å². The van der Waals surface area contributed by atoms with Gasteiger partial charge in [-0.15, -0.1) is 16.9 Å². The number of aliphatic carboxylic acids is 1. The standard InChI is InChI=1S/C22H29F3N4O4S/c1-21(2,19(31)32)34-16-10-6-9-15(14-16)8-4-5-12-26-17-18(30)28(3)20(33)29(27-17)13-7-11-22(23,24)25/h6,9-10,14H,4-5,7-8,11-13H2,1-3H3,(H,26,27)(H,31,32). The molecule has 0 bridgehead atoms. The molecule has 0 aliphatic heterocycles. The molecule has 0 saturated heterocycles. The molecular formula is C22H29F3N4O4S. The lowest BCUT2D eigenvalue weighted by Gasteiger charge is -2.18. The Morgan fingerprint density at radius 2 is 1.88 bits per heavy atom. The summed E-state index contributed by atoms with van der Waals surface area (Å²) < 4.78 is 37.9. The van der Waals surface area contributed by atoms with Crippen LogP contribution in [0.4, 0.5) is 19.0 Å². The number of nitrogens with zero attached hydrogens (tertiary/aromatic N) is 3. The van der Waals surface area contributed by atoms with Gasteiger partial charge in [-0.25, -0.2) is 9.48 Å². The lowest BCUT2D eigenvalue weighted by atomic mass is 10.1. The van der Waals surface area contributed by atoms with E-state index in [1.165, 1.54) is 18.8 Å². The van der Waals surface area contributed by atoms with Gasteiger partial charge in [-0.1, -0.05) is 12.1 Å². The SMILES string of the molecule is Cn1c(=O)c(NCCCCc2cccc(SC(C)(C)C(=O)O)c2)nn(CCCC(F)(F)F)c1=O. The number of anilines is 1. The predicted molar refractivity (Wildman–Crippen MR) is 124 cm³/mol. The molecule has 34 heavy (non-hydrogen) atoms. The van der Waals surface area contributed by atoms with Gasteiger partial charge >= 0.3 is 17.8 Å². The quantitative estimate of drug-likeness (QED) is 0.337. The number of nitrogens with one attached hydrogen (secondary N) is 1. The number of aromatic nitrogens is 3. The molecule has 0 amide bonds. The number of halogens is 3. The maximum Gasteiger partial charge on any atom is 0.389 e. The van der Waals surface area contributed by atoms with Crippen LogP contribution >= 0.6 is 11.8 Å². The molecule has 0 unspecified atom stereocenters. The second-order valence-electron chi connectivity index (χ2n) is 8.39. The van der Waals surface area contributed by atoms with Crippen molar-refractivity contribution < 1.29 is 23.1 Å². The molecule has 2 N–H and O–H groups in total. The fourth-order valence-electron chi connectivity index (χ4n) is 3.07. The molecule has 1 aromatic carbocycles. The van der Waals surface area contributed by atoms with Crippen LogP contribution < -0.4 is 16.6 Å². The largest absolute Gasteiger partial charge is 0.480 e. The molecule has 0 spiro atoms. The molecular weight excluding hydrogens is 473 g/mol. The summed E-state index contributed by atoms with van der Waals surface area (Å²) in [6, 6.07) is 7.66. The van der Waals surface area contributed by atoms with E-state index in [9.17, 15) is 32.7 Å². The maximum absolute atomic E-state index is 12.4. The molecule has 2 rings (SSSR count). The normalized spacial score (nSPS) is 12.1. The van der Waals surface area contributed by atoms with E-state index in [-0.39, 0.29) is 18.8 Å². The third-order valence-corrected chi connectivity index (χ3v) is 6.21. The van der Waals surface area contributed by atoms with Gasteiger partial charge < -0.3 is 10.4 Å². The van der Waals surface area contributed by atoms with E-state index >= 15 is 0 Å². The number of hydrogen-bond acceptors (Lipinski definition) is 6. The molecule has 8 nitrogen and oxygen atoms in total. The first-order chi connectivity index (χ1) is 15.8. The Hall–Kier alpha value is -2.76. The van der Waals surface area contributed by atoms with Gasteiger partial charge in [0.05, 0.1) is 0 Å². The molecule has 1 heterocycles. The number of carboxylic acid groups (broad SMARTS) is 1.